The minimum absolute atomic E-state index is 0.112. The molecule has 5 aromatic carbocycles. The molecule has 1 atom stereocenters. The van der Waals surface area contributed by atoms with Crippen molar-refractivity contribution >= 4 is 27.0 Å². The van der Waals surface area contributed by atoms with Gasteiger partial charge in [-0.1, -0.05) is 154 Å². The fourth-order valence-corrected chi connectivity index (χ4v) is 10.7. The molecule has 2 aliphatic rings. The van der Waals surface area contributed by atoms with Crippen LogP contribution in [0.5, 0.6) is 0 Å². The normalized spacial score (nSPS) is 13.7. The number of allylic oxidation sites excluding steroid dienone is 6. The molecule has 1 heterocycles. The number of benzene rings is 5. The summed E-state index contributed by atoms with van der Waals surface area (Å²) in [4.78, 5) is 8.92. The lowest BCUT2D eigenvalue weighted by atomic mass is 10.0. The highest BCUT2D eigenvalue weighted by atomic mass is 32.3. The Bertz CT molecular complexity index is 2240. The molecule has 0 radical (unpaired) electrons. The van der Waals surface area contributed by atoms with Gasteiger partial charge in [-0.2, -0.15) is 0 Å². The average molecular weight is 753 g/mol. The Hall–Kier alpha value is -5.83. The Balaban J connectivity index is 0.000000198. The van der Waals surface area contributed by atoms with Gasteiger partial charge in [0.2, 0.25) is 0 Å². The lowest BCUT2D eigenvalue weighted by Gasteiger charge is -2.41. The van der Waals surface area contributed by atoms with E-state index in [4.69, 9.17) is 5.73 Å². The summed E-state index contributed by atoms with van der Waals surface area (Å²) in [5.74, 6) is 0. The van der Waals surface area contributed by atoms with Crippen molar-refractivity contribution < 1.29 is 0 Å². The van der Waals surface area contributed by atoms with E-state index in [1.54, 1.807) is 6.08 Å². The van der Waals surface area contributed by atoms with Crippen molar-refractivity contribution in [1.82, 2.24) is 4.98 Å². The van der Waals surface area contributed by atoms with Gasteiger partial charge in [-0.25, -0.2) is 0 Å². The second-order valence-corrected chi connectivity index (χ2v) is 16.3. The van der Waals surface area contributed by atoms with Crippen molar-refractivity contribution in [3.05, 3.63) is 233 Å². The number of hydrogen-bond acceptors (Lipinski definition) is 1. The molecule has 3 heteroatoms. The maximum Gasteiger partial charge on any atom is 0.0462 e. The van der Waals surface area contributed by atoms with Gasteiger partial charge in [0, 0.05) is 42.2 Å². The predicted molar refractivity (Wildman–Crippen MR) is 245 cm³/mol. The molecule has 1 aromatic heterocycles. The smallest absolute Gasteiger partial charge is 0.0462 e. The van der Waals surface area contributed by atoms with Crippen molar-refractivity contribution in [2.45, 2.75) is 67.7 Å². The number of H-pyrrole nitrogens is 1. The monoisotopic (exact) mass is 752 g/mol. The van der Waals surface area contributed by atoms with E-state index < -0.39 is 10.0 Å². The quantitative estimate of drug-likeness (QED) is 0.112. The number of nitrogens with one attached hydrogen (secondary N) is 1. The highest BCUT2D eigenvalue weighted by Crippen LogP contribution is 2.74. The van der Waals surface area contributed by atoms with E-state index in [1.165, 1.54) is 52.9 Å². The van der Waals surface area contributed by atoms with Gasteiger partial charge < -0.3 is 10.7 Å². The highest BCUT2D eigenvalue weighted by molar-refractivity contribution is 8.37. The molecule has 0 saturated heterocycles. The lowest BCUT2D eigenvalue weighted by molar-refractivity contribution is 0.883. The summed E-state index contributed by atoms with van der Waals surface area (Å²) >= 11 is 0. The van der Waals surface area contributed by atoms with E-state index in [0.717, 1.165) is 24.8 Å². The van der Waals surface area contributed by atoms with Gasteiger partial charge >= 0.3 is 0 Å². The maximum atomic E-state index is 5.63. The summed E-state index contributed by atoms with van der Waals surface area (Å²) in [6, 6.07) is 50.2. The molecule has 6 aromatic rings. The fraction of sp³-hybridized carbons (Fsp3) is 0.151. The van der Waals surface area contributed by atoms with E-state index in [9.17, 15) is 0 Å². The minimum atomic E-state index is -1.65. The van der Waals surface area contributed by atoms with Gasteiger partial charge in [-0.15, -0.1) is 15.8 Å². The second kappa shape index (κ2) is 21.3. The van der Waals surface area contributed by atoms with E-state index in [-0.39, 0.29) is 6.04 Å². The fourth-order valence-electron chi connectivity index (χ4n) is 6.94. The molecule has 3 N–H and O–H groups in total. The molecule has 0 bridgehead atoms. The Morgan fingerprint density at radius 1 is 0.786 bits per heavy atom. The SMILES string of the molecule is C1=CC=CC=1S(c1ccccc1)(c1ccccc1)c1ccc2[nH]c3c(c2c1)CCC=C3.C=C/C=C\C(=C/C)C(C)N.CC.c1ccc(Cc2ccccc2)cc1. The van der Waals surface area contributed by atoms with Crippen molar-refractivity contribution in [3.8, 4) is 0 Å². The Morgan fingerprint density at radius 2 is 1.36 bits per heavy atom. The van der Waals surface area contributed by atoms with E-state index >= 15 is 0 Å². The van der Waals surface area contributed by atoms with Gasteiger partial charge in [0.05, 0.1) is 0 Å². The summed E-state index contributed by atoms with van der Waals surface area (Å²) in [5, 5.41) is 1.35. The summed E-state index contributed by atoms with van der Waals surface area (Å²) in [5.41, 5.74) is 17.0. The lowest BCUT2D eigenvalue weighted by Crippen LogP contribution is -2.16. The van der Waals surface area contributed by atoms with Crippen LogP contribution >= 0.6 is 10.0 Å². The van der Waals surface area contributed by atoms with Crippen LogP contribution in [-0.2, 0) is 12.8 Å². The van der Waals surface area contributed by atoms with Crippen LogP contribution in [0.3, 0.4) is 0 Å². The van der Waals surface area contributed by atoms with Crippen LogP contribution in [0.4, 0.5) is 0 Å². The summed E-state index contributed by atoms with van der Waals surface area (Å²) in [7, 11) is -1.65. The Morgan fingerprint density at radius 3 is 1.86 bits per heavy atom. The summed E-state index contributed by atoms with van der Waals surface area (Å²) in [6.45, 7) is 11.5. The van der Waals surface area contributed by atoms with Crippen molar-refractivity contribution in [2.75, 3.05) is 0 Å². The number of nitrogens with two attached hydrogens (primary N) is 1. The standard InChI is InChI=1S/C29H23NS.C13H12.C9H15N.C2H6/c1-3-11-22(12-4-1)31(24-15-7-8-16-24,23-13-5-2-6-14-23)25-19-20-29-27(21-25)26-17-9-10-18-28(26)30-29;1-3-7-12(8-4-1)11-13-9-5-2-6-10-13;1-4-6-7-9(5-2)8(3)10;1-2/h1-8,10-15,18-21,30H,9,17H2;1-10H,11H2;4-8H,1,10H2,2-3H3;1-2H3/b;;7-6-,9-5+;. The first-order valence-corrected chi connectivity index (χ1v) is 21.3. The molecule has 0 spiro atoms. The van der Waals surface area contributed by atoms with E-state index in [1.807, 2.05) is 52.0 Å². The van der Waals surface area contributed by atoms with Crippen LogP contribution < -0.4 is 5.73 Å². The first-order valence-electron chi connectivity index (χ1n) is 19.7. The average Bonchev–Trinajstić information content (AvgIpc) is 3.93. The number of aromatic nitrogens is 1. The van der Waals surface area contributed by atoms with Crippen LogP contribution in [0.2, 0.25) is 0 Å². The zero-order valence-corrected chi connectivity index (χ0v) is 34.2. The topological polar surface area (TPSA) is 41.8 Å². The first kappa shape index (κ1) is 41.3. The van der Waals surface area contributed by atoms with Crippen LogP contribution in [0.25, 0.3) is 17.0 Å². The number of aryl methyl sites for hydroxylation is 1. The first-order chi connectivity index (χ1) is 27.5. The van der Waals surface area contributed by atoms with Crippen LogP contribution in [0.15, 0.2) is 226 Å². The molecule has 2 nitrogen and oxygen atoms in total. The maximum absolute atomic E-state index is 5.63. The van der Waals surface area contributed by atoms with Crippen molar-refractivity contribution in [2.24, 2.45) is 5.73 Å². The van der Waals surface area contributed by atoms with E-state index in [0.29, 0.717) is 0 Å². The van der Waals surface area contributed by atoms with Crippen molar-refractivity contribution in [3.63, 3.8) is 0 Å². The van der Waals surface area contributed by atoms with Gasteiger partial charge in [-0.3, -0.25) is 0 Å². The second-order valence-electron chi connectivity index (χ2n) is 13.3. The Kier molecular flexibility index (Phi) is 15.7. The zero-order chi connectivity index (χ0) is 39.6. The third-order valence-corrected chi connectivity index (χ3v) is 13.4. The van der Waals surface area contributed by atoms with Gasteiger partial charge in [0.15, 0.2) is 0 Å². The van der Waals surface area contributed by atoms with Crippen LogP contribution in [0, 0.1) is 0 Å². The van der Waals surface area contributed by atoms with Gasteiger partial charge in [-0.05, 0) is 116 Å². The van der Waals surface area contributed by atoms with Crippen LogP contribution in [-0.4, -0.2) is 11.0 Å². The molecule has 1 unspecified atom stereocenters. The summed E-state index contributed by atoms with van der Waals surface area (Å²) < 4.78 is 0. The molecule has 284 valence electrons. The molecule has 0 saturated carbocycles. The highest BCUT2D eigenvalue weighted by Gasteiger charge is 2.35. The van der Waals surface area contributed by atoms with Crippen molar-refractivity contribution in [1.29, 1.82) is 0 Å². The van der Waals surface area contributed by atoms with Gasteiger partial charge in [0.25, 0.3) is 0 Å². The molecule has 0 aliphatic heterocycles. The zero-order valence-electron chi connectivity index (χ0n) is 33.4. The number of hydrogen-bond donors (Lipinski definition) is 2. The molecule has 0 fully saturated rings. The third kappa shape index (κ3) is 10.1. The largest absolute Gasteiger partial charge is 0.355 e. The molecule has 8 rings (SSSR count). The number of aromatic amines is 1. The van der Waals surface area contributed by atoms with Gasteiger partial charge in [0.1, 0.15) is 0 Å². The molecule has 56 heavy (non-hydrogen) atoms. The molecule has 0 amide bonds. The van der Waals surface area contributed by atoms with Crippen LogP contribution in [0.1, 0.15) is 56.5 Å². The minimum Gasteiger partial charge on any atom is -0.355 e. The number of fused-ring (bicyclic) bond motifs is 3. The predicted octanol–water partition coefficient (Wildman–Crippen LogP) is 14.3. The van der Waals surface area contributed by atoms with E-state index in [2.05, 4.69) is 181 Å². The summed E-state index contributed by atoms with van der Waals surface area (Å²) in [6.07, 6.45) is 21.7. The molecule has 2 aliphatic carbocycles. The third-order valence-electron chi connectivity index (χ3n) is 9.58. The Labute approximate surface area is 337 Å². The number of rotatable bonds is 9. The molecular formula is C53H56N2S. The molecular weight excluding hydrogens is 697 g/mol.